The number of hydrogen-bond acceptors (Lipinski definition) is 10. The Hall–Kier alpha value is -7.27. The van der Waals surface area contributed by atoms with E-state index in [0.717, 1.165) is 25.7 Å². The molecule has 0 heterocycles. The molecule has 0 fully saturated rings. The maximum atomic E-state index is 15.1. The molecule has 6 aromatic carbocycles. The molecule has 0 saturated heterocycles. The number of unbranched alkanes of at least 4 members (excludes halogenated alkanes) is 18. The minimum Gasteiger partial charge on any atom is -0.494 e. The van der Waals surface area contributed by atoms with Gasteiger partial charge in [-0.2, -0.15) is 0 Å². The number of carbonyl (C=O) groups excluding carboxylic acids is 4. The molecule has 0 atom stereocenters. The fourth-order valence-corrected chi connectivity index (χ4v) is 8.41. The highest BCUT2D eigenvalue weighted by molar-refractivity contribution is 5.94. The zero-order valence-electron chi connectivity index (χ0n) is 43.8. The van der Waals surface area contributed by atoms with Gasteiger partial charge in [0, 0.05) is 5.56 Å². The van der Waals surface area contributed by atoms with Gasteiger partial charge < -0.3 is 28.4 Å². The fourth-order valence-electron chi connectivity index (χ4n) is 8.41. The van der Waals surface area contributed by atoms with Gasteiger partial charge in [0.2, 0.25) is 0 Å². The first-order valence-electron chi connectivity index (χ1n) is 27.1. The van der Waals surface area contributed by atoms with Gasteiger partial charge in [0.15, 0.2) is 0 Å². The summed E-state index contributed by atoms with van der Waals surface area (Å²) in [7, 11) is 0. The van der Waals surface area contributed by atoms with Crippen molar-refractivity contribution in [2.75, 3.05) is 13.2 Å². The molecule has 0 bridgehead atoms. The van der Waals surface area contributed by atoms with Crippen molar-refractivity contribution >= 4 is 23.9 Å². The van der Waals surface area contributed by atoms with E-state index in [1.807, 2.05) is 0 Å². The second-order valence-electron chi connectivity index (χ2n) is 18.9. The molecule has 396 valence electrons. The minimum absolute atomic E-state index is 0.102. The summed E-state index contributed by atoms with van der Waals surface area (Å²) in [4.78, 5) is 51.8. The third-order valence-electron chi connectivity index (χ3n) is 12.8. The van der Waals surface area contributed by atoms with E-state index in [2.05, 4.69) is 13.8 Å². The van der Waals surface area contributed by atoms with E-state index in [-0.39, 0.29) is 39.7 Å². The van der Waals surface area contributed by atoms with Gasteiger partial charge in [-0.1, -0.05) is 142 Å². The number of carbonyl (C=O) groups is 4. The van der Waals surface area contributed by atoms with Crippen LogP contribution >= 0.6 is 0 Å². The molecule has 0 amide bonds. The number of esters is 4. The molecule has 75 heavy (non-hydrogen) atoms. The molecule has 0 unspecified atom stereocenters. The highest BCUT2D eigenvalue weighted by Crippen LogP contribution is 2.30. The largest absolute Gasteiger partial charge is 0.494 e. The normalized spacial score (nSPS) is 10.9. The second-order valence-corrected chi connectivity index (χ2v) is 18.9. The van der Waals surface area contributed by atoms with Crippen molar-refractivity contribution in [3.05, 3.63) is 168 Å². The van der Waals surface area contributed by atoms with E-state index in [1.165, 1.54) is 182 Å². The van der Waals surface area contributed by atoms with Crippen LogP contribution in [0.2, 0.25) is 0 Å². The summed E-state index contributed by atoms with van der Waals surface area (Å²) in [5.41, 5.74) is 1.73. The average Bonchev–Trinajstić information content (AvgIpc) is 3.43. The number of hydrogen-bond donors (Lipinski definition) is 0. The summed E-state index contributed by atoms with van der Waals surface area (Å²) >= 11 is 0. The summed E-state index contributed by atoms with van der Waals surface area (Å²) in [5, 5.41) is 0. The predicted molar refractivity (Wildman–Crippen MR) is 292 cm³/mol. The number of benzene rings is 6. The van der Waals surface area contributed by atoms with Gasteiger partial charge >= 0.3 is 23.9 Å². The highest BCUT2D eigenvalue weighted by atomic mass is 19.1. The first-order chi connectivity index (χ1) is 36.7. The van der Waals surface area contributed by atoms with E-state index in [9.17, 15) is 19.2 Å². The minimum atomic E-state index is -0.697. The molecule has 10 nitrogen and oxygen atoms in total. The van der Waals surface area contributed by atoms with Crippen LogP contribution in [0.25, 0.3) is 11.1 Å². The molecule has 0 aliphatic carbocycles. The third kappa shape index (κ3) is 20.2. The molecule has 0 aromatic heterocycles. The van der Waals surface area contributed by atoms with Crippen molar-refractivity contribution < 1.29 is 52.0 Å². The SMILES string of the molecule is CCCCCCCCCCCCOc1ccc(C(=O)Oc2ccc(C(=O)Oc3ccc(-c4cc(OC(=O)c5ccc(OC(=O)c6ccc(OCCCCCCCCCCCC)cc6)cc5)ccc4F)cc3)cc2)cc1. The van der Waals surface area contributed by atoms with Crippen molar-refractivity contribution in [2.45, 2.75) is 142 Å². The van der Waals surface area contributed by atoms with Crippen LogP contribution in [0.4, 0.5) is 4.39 Å². The first-order valence-corrected chi connectivity index (χ1v) is 27.1. The lowest BCUT2D eigenvalue weighted by Gasteiger charge is -2.10. The van der Waals surface area contributed by atoms with Gasteiger partial charge in [-0.3, -0.25) is 0 Å². The Labute approximate surface area is 442 Å². The van der Waals surface area contributed by atoms with Crippen LogP contribution in [0.1, 0.15) is 184 Å². The van der Waals surface area contributed by atoms with Gasteiger partial charge in [0.05, 0.1) is 35.5 Å². The van der Waals surface area contributed by atoms with Gasteiger partial charge in [-0.05, 0) is 146 Å². The first kappa shape index (κ1) is 57.0. The topological polar surface area (TPSA) is 124 Å². The summed E-state index contributed by atoms with van der Waals surface area (Å²) in [6.07, 6.45) is 25.1. The molecule has 0 radical (unpaired) electrons. The summed E-state index contributed by atoms with van der Waals surface area (Å²) in [6, 6.07) is 35.7. The van der Waals surface area contributed by atoms with Gasteiger partial charge in [-0.15, -0.1) is 0 Å². The Morgan fingerprint density at radius 3 is 0.920 bits per heavy atom. The molecule has 0 aliphatic heterocycles. The summed E-state index contributed by atoms with van der Waals surface area (Å²) in [5.74, 6) is -0.802. The molecule has 0 saturated carbocycles. The second kappa shape index (κ2) is 32.1. The molecule has 6 aromatic rings. The Kier molecular flexibility index (Phi) is 24.4. The van der Waals surface area contributed by atoms with Crippen LogP contribution in [-0.4, -0.2) is 37.1 Å². The average molecular weight is 1020 g/mol. The highest BCUT2D eigenvalue weighted by Gasteiger charge is 2.16. The van der Waals surface area contributed by atoms with Crippen molar-refractivity contribution in [1.29, 1.82) is 0 Å². The Bertz CT molecular complexity index is 2640. The van der Waals surface area contributed by atoms with Crippen molar-refractivity contribution in [2.24, 2.45) is 0 Å². The van der Waals surface area contributed by atoms with Crippen LogP contribution in [0.15, 0.2) is 140 Å². The van der Waals surface area contributed by atoms with Crippen molar-refractivity contribution in [3.63, 3.8) is 0 Å². The van der Waals surface area contributed by atoms with E-state index in [4.69, 9.17) is 28.4 Å². The zero-order chi connectivity index (χ0) is 52.9. The quantitative estimate of drug-likeness (QED) is 0.0224. The Morgan fingerprint density at radius 1 is 0.320 bits per heavy atom. The van der Waals surface area contributed by atoms with E-state index >= 15 is 4.39 Å². The Morgan fingerprint density at radius 2 is 0.587 bits per heavy atom. The van der Waals surface area contributed by atoms with Crippen LogP contribution < -0.4 is 28.4 Å². The van der Waals surface area contributed by atoms with Crippen LogP contribution in [0, 0.1) is 5.82 Å². The van der Waals surface area contributed by atoms with Crippen molar-refractivity contribution in [3.8, 4) is 45.6 Å². The monoisotopic (exact) mass is 1020 g/mol. The fraction of sp³-hybridized carbons (Fsp3) is 0.375. The maximum Gasteiger partial charge on any atom is 0.343 e. The van der Waals surface area contributed by atoms with Gasteiger partial charge in [0.1, 0.15) is 40.3 Å². The predicted octanol–water partition coefficient (Wildman–Crippen LogP) is 17.0. The maximum absolute atomic E-state index is 15.1. The smallest absolute Gasteiger partial charge is 0.343 e. The zero-order valence-corrected chi connectivity index (χ0v) is 43.8. The van der Waals surface area contributed by atoms with Gasteiger partial charge in [-0.25, -0.2) is 23.6 Å². The lowest BCUT2D eigenvalue weighted by atomic mass is 10.0. The molecule has 11 heteroatoms. The van der Waals surface area contributed by atoms with E-state index < -0.39 is 29.7 Å². The molecular weight excluding hydrogens is 948 g/mol. The lowest BCUT2D eigenvalue weighted by Crippen LogP contribution is -2.10. The third-order valence-corrected chi connectivity index (χ3v) is 12.8. The molecule has 6 rings (SSSR count). The van der Waals surface area contributed by atoms with Crippen LogP contribution in [-0.2, 0) is 0 Å². The van der Waals surface area contributed by atoms with Gasteiger partial charge in [0.25, 0.3) is 0 Å². The molecule has 0 aliphatic rings. The standard InChI is InChI=1S/C64H73FO10/c1-3-5-7-9-11-13-15-17-19-21-45-70-53-33-25-49(26-34-53)61(66)73-56-39-29-51(30-40-56)63(68)72-55-37-23-48(24-38-55)59-47-58(43-44-60(59)65)75-64(69)52-31-41-57(42-32-52)74-62(67)50-27-35-54(36-28-50)71-46-22-20-18-16-14-12-10-8-6-4-2/h23-44,47H,3-22,45-46H2,1-2H3. The van der Waals surface area contributed by atoms with Crippen molar-refractivity contribution in [1.82, 2.24) is 0 Å². The number of rotatable bonds is 33. The van der Waals surface area contributed by atoms with E-state index in [0.29, 0.717) is 41.4 Å². The molecule has 0 spiro atoms. The molecule has 0 N–H and O–H groups in total. The number of halogens is 1. The van der Waals surface area contributed by atoms with E-state index in [1.54, 1.807) is 60.7 Å². The summed E-state index contributed by atoms with van der Waals surface area (Å²) in [6.45, 7) is 5.74. The number of ether oxygens (including phenoxy) is 6. The Balaban J connectivity index is 0.889. The van der Waals surface area contributed by atoms with Crippen LogP contribution in [0.5, 0.6) is 34.5 Å². The molecular formula is C64H73FO10. The summed E-state index contributed by atoms with van der Waals surface area (Å²) < 4.78 is 49.0. The lowest BCUT2D eigenvalue weighted by molar-refractivity contribution is 0.0720. The van der Waals surface area contributed by atoms with Crippen LogP contribution in [0.3, 0.4) is 0 Å².